The second-order valence-corrected chi connectivity index (χ2v) is 12.8. The molecule has 4 aliphatic rings. The zero-order chi connectivity index (χ0) is 33.0. The van der Waals surface area contributed by atoms with Crippen LogP contribution in [0.1, 0.15) is 53.9 Å². The second kappa shape index (κ2) is 15.9. The fraction of sp³-hybridized carbons (Fsp3) is 0.812. The number of carbonyl (C=O) groups excluding carboxylic acids is 2. The van der Waals surface area contributed by atoms with Gasteiger partial charge in [-0.2, -0.15) is 0 Å². The number of ether oxygens (including phenoxy) is 7. The first-order valence-corrected chi connectivity index (χ1v) is 15.9. The Balaban J connectivity index is 1.49. The quantitative estimate of drug-likeness (QED) is 0.236. The van der Waals surface area contributed by atoms with Crippen LogP contribution in [0.15, 0.2) is 24.3 Å². The number of esters is 1. The summed E-state index contributed by atoms with van der Waals surface area (Å²) in [5, 5.41) is 41.4. The van der Waals surface area contributed by atoms with Crippen molar-refractivity contribution in [2.24, 2.45) is 17.8 Å². The maximum atomic E-state index is 13.0. The highest BCUT2D eigenvalue weighted by molar-refractivity contribution is 5.91. The molecule has 0 bridgehead atoms. The number of cyclic esters (lactones) is 1. The van der Waals surface area contributed by atoms with E-state index in [1.165, 1.54) is 19.3 Å². The number of hydrogen-bond acceptors (Lipinski definition) is 13. The molecule has 45 heavy (non-hydrogen) atoms. The van der Waals surface area contributed by atoms with Crippen LogP contribution in [0.4, 0.5) is 0 Å². The van der Waals surface area contributed by atoms with E-state index in [0.29, 0.717) is 12.8 Å². The van der Waals surface area contributed by atoms with Gasteiger partial charge in [0.25, 0.3) is 0 Å². The Hall–Kier alpha value is -1.78. The molecule has 0 aromatic rings. The summed E-state index contributed by atoms with van der Waals surface area (Å²) in [6, 6.07) is 0. The summed E-state index contributed by atoms with van der Waals surface area (Å²) in [6.07, 6.45) is -3.25. The summed E-state index contributed by atoms with van der Waals surface area (Å²) >= 11 is 0. The fourth-order valence-corrected chi connectivity index (χ4v) is 6.07. The van der Waals surface area contributed by atoms with Crippen molar-refractivity contribution in [2.45, 2.75) is 134 Å². The second-order valence-electron chi connectivity index (χ2n) is 12.8. The van der Waals surface area contributed by atoms with Crippen molar-refractivity contribution in [2.75, 3.05) is 13.7 Å². The number of hydrogen-bond donors (Lipinski definition) is 4. The molecule has 0 radical (unpaired) electrons. The van der Waals surface area contributed by atoms with Gasteiger partial charge in [-0.15, -0.1) is 0 Å². The van der Waals surface area contributed by atoms with Crippen molar-refractivity contribution >= 4 is 11.8 Å². The average Bonchev–Trinajstić information content (AvgIpc) is 3.76. The van der Waals surface area contributed by atoms with E-state index in [-0.39, 0.29) is 36.8 Å². The molecule has 0 saturated carbocycles. The van der Waals surface area contributed by atoms with Crippen LogP contribution in [-0.2, 0) is 42.7 Å². The minimum Gasteiger partial charge on any atom is -0.459 e. The highest BCUT2D eigenvalue weighted by Crippen LogP contribution is 2.36. The molecule has 13 heteroatoms. The Morgan fingerprint density at radius 1 is 0.844 bits per heavy atom. The summed E-state index contributed by atoms with van der Waals surface area (Å²) in [4.78, 5) is 26.0. The molecule has 4 N–H and O–H groups in total. The summed E-state index contributed by atoms with van der Waals surface area (Å²) in [7, 11) is 1.38. The Morgan fingerprint density at radius 2 is 1.58 bits per heavy atom. The molecule has 0 aromatic heterocycles. The van der Waals surface area contributed by atoms with Gasteiger partial charge in [0.2, 0.25) is 0 Å². The summed E-state index contributed by atoms with van der Waals surface area (Å²) in [5.74, 6) is -1.81. The predicted octanol–water partition coefficient (Wildman–Crippen LogP) is 0.789. The van der Waals surface area contributed by atoms with E-state index >= 15 is 0 Å². The molecule has 0 unspecified atom stereocenters. The molecule has 0 amide bonds. The van der Waals surface area contributed by atoms with Gasteiger partial charge < -0.3 is 53.6 Å². The molecule has 13 nitrogen and oxygen atoms in total. The van der Waals surface area contributed by atoms with Crippen LogP contribution in [0, 0.1) is 17.8 Å². The van der Waals surface area contributed by atoms with E-state index < -0.39 is 85.5 Å². The minimum atomic E-state index is -1.23. The molecule has 0 aromatic carbocycles. The van der Waals surface area contributed by atoms with Crippen LogP contribution in [0.25, 0.3) is 0 Å². The molecule has 4 heterocycles. The van der Waals surface area contributed by atoms with E-state index in [0.717, 1.165) is 0 Å². The van der Waals surface area contributed by atoms with Crippen molar-refractivity contribution in [3.8, 4) is 0 Å². The standard InChI is InChI=1S/C32H50O13/c1-15-7-10-23(45-31-27(37)22(34)13-17(3)41-31)16(2)8-12-25(35)42-18(4)20(29-24(44-29)11-9-21(15)33)14-40-32-30(39-6)28(38)26(36)19(5)43-32/h8-9,11-12,15-20,22-24,26-32,34,36-38H,7,10,13-14H2,1-6H3/b11-9+,12-8+/t15-,16+,17-,18-,19-,20-,22+,23+,24+,26-,27-,28-,29+,30-,31+,32-/m1/s1. The van der Waals surface area contributed by atoms with Crippen LogP contribution in [0.5, 0.6) is 0 Å². The number of allylic oxidation sites excluding steroid dienone is 1. The Bertz CT molecular complexity index is 1050. The number of aliphatic hydroxyl groups excluding tert-OH is 4. The zero-order valence-electron chi connectivity index (χ0n) is 26.8. The molecular formula is C32H50O13. The number of methoxy groups -OCH3 is 1. The first-order valence-electron chi connectivity index (χ1n) is 15.9. The third-order valence-electron chi connectivity index (χ3n) is 9.26. The third-order valence-corrected chi connectivity index (χ3v) is 9.26. The number of aliphatic hydroxyl groups is 4. The van der Waals surface area contributed by atoms with Crippen molar-refractivity contribution in [3.05, 3.63) is 24.3 Å². The number of fused-ring (bicyclic) bond motifs is 1. The lowest BCUT2D eigenvalue weighted by Crippen LogP contribution is -2.58. The van der Waals surface area contributed by atoms with Gasteiger partial charge in [-0.3, -0.25) is 4.79 Å². The largest absolute Gasteiger partial charge is 0.459 e. The zero-order valence-corrected chi connectivity index (χ0v) is 26.8. The van der Waals surface area contributed by atoms with Gasteiger partial charge in [-0.25, -0.2) is 4.79 Å². The van der Waals surface area contributed by atoms with Gasteiger partial charge in [-0.1, -0.05) is 19.9 Å². The normalized spacial score (nSPS) is 48.2. The number of carbonyl (C=O) groups is 2. The Labute approximate surface area is 264 Å². The maximum absolute atomic E-state index is 13.0. The van der Waals surface area contributed by atoms with Gasteiger partial charge in [-0.05, 0) is 45.8 Å². The minimum absolute atomic E-state index is 0.0118. The average molecular weight is 643 g/mol. The lowest BCUT2D eigenvalue weighted by molar-refractivity contribution is -0.301. The number of rotatable bonds is 6. The fourth-order valence-electron chi connectivity index (χ4n) is 6.07. The molecular weight excluding hydrogens is 592 g/mol. The van der Waals surface area contributed by atoms with Crippen molar-refractivity contribution < 1.29 is 63.2 Å². The smallest absolute Gasteiger partial charge is 0.330 e. The molecule has 256 valence electrons. The highest BCUT2D eigenvalue weighted by Gasteiger charge is 2.49. The van der Waals surface area contributed by atoms with Gasteiger partial charge in [0.05, 0.1) is 37.1 Å². The number of epoxide rings is 1. The topological polar surface area (TPSA) is 183 Å². The van der Waals surface area contributed by atoms with Gasteiger partial charge in [0.15, 0.2) is 18.4 Å². The van der Waals surface area contributed by atoms with Gasteiger partial charge >= 0.3 is 5.97 Å². The first kappa shape index (κ1) is 36.1. The Kier molecular flexibility index (Phi) is 12.7. The van der Waals surface area contributed by atoms with Crippen molar-refractivity contribution in [1.82, 2.24) is 0 Å². The summed E-state index contributed by atoms with van der Waals surface area (Å²) < 4.78 is 40.7. The van der Waals surface area contributed by atoms with Crippen molar-refractivity contribution in [1.29, 1.82) is 0 Å². The monoisotopic (exact) mass is 642 g/mol. The van der Waals surface area contributed by atoms with E-state index in [9.17, 15) is 30.0 Å². The SMILES string of the molecule is CO[C@H]1[C@H](OC[C@H]2[C@@H]3O[C@H]3/C=C/C(=O)[C@H](C)CC[C@H](O[C@@H]3O[C@H](C)C[C@H](O)[C@H]3O)[C@@H](C)/C=C/C(=O)O[C@@H]2C)O[C@H](C)[C@@H](O)[C@H]1O. The molecule has 0 aliphatic carbocycles. The van der Waals surface area contributed by atoms with Crippen LogP contribution in [-0.4, -0.2) is 126 Å². The Morgan fingerprint density at radius 3 is 2.29 bits per heavy atom. The van der Waals surface area contributed by atoms with E-state index in [1.807, 2.05) is 13.8 Å². The van der Waals surface area contributed by atoms with Crippen LogP contribution in [0.3, 0.4) is 0 Å². The van der Waals surface area contributed by atoms with Crippen LogP contribution < -0.4 is 0 Å². The number of ketones is 1. The molecule has 0 spiro atoms. The van der Waals surface area contributed by atoms with Crippen molar-refractivity contribution in [3.63, 3.8) is 0 Å². The van der Waals surface area contributed by atoms with E-state index in [1.54, 1.807) is 32.9 Å². The van der Waals surface area contributed by atoms with Gasteiger partial charge in [0.1, 0.15) is 36.6 Å². The summed E-state index contributed by atoms with van der Waals surface area (Å²) in [6.45, 7) is 8.82. The predicted molar refractivity (Wildman–Crippen MR) is 157 cm³/mol. The van der Waals surface area contributed by atoms with E-state index in [2.05, 4.69) is 0 Å². The van der Waals surface area contributed by atoms with Crippen LogP contribution >= 0.6 is 0 Å². The van der Waals surface area contributed by atoms with Gasteiger partial charge in [0, 0.05) is 37.4 Å². The first-order chi connectivity index (χ1) is 21.3. The molecule has 3 saturated heterocycles. The molecule has 4 rings (SSSR count). The lowest BCUT2D eigenvalue weighted by atomic mass is 9.92. The van der Waals surface area contributed by atoms with E-state index in [4.69, 9.17) is 33.2 Å². The molecule has 16 atom stereocenters. The highest BCUT2D eigenvalue weighted by atomic mass is 16.7. The lowest BCUT2D eigenvalue weighted by Gasteiger charge is -2.41. The summed E-state index contributed by atoms with van der Waals surface area (Å²) in [5.41, 5.74) is 0. The maximum Gasteiger partial charge on any atom is 0.330 e. The van der Waals surface area contributed by atoms with Crippen LogP contribution in [0.2, 0.25) is 0 Å². The molecule has 4 aliphatic heterocycles. The third kappa shape index (κ3) is 9.19. The molecule has 3 fully saturated rings.